The highest BCUT2D eigenvalue weighted by molar-refractivity contribution is 7.89. The minimum atomic E-state index is -3.84. The number of amides is 1. The van der Waals surface area contributed by atoms with Crippen LogP contribution < -0.4 is 4.74 Å². The van der Waals surface area contributed by atoms with Crippen molar-refractivity contribution in [2.75, 3.05) is 26.2 Å². The first kappa shape index (κ1) is 23.1. The summed E-state index contributed by atoms with van der Waals surface area (Å²) in [5.41, 5.74) is -0.478. The Morgan fingerprint density at radius 1 is 1.21 bits per heavy atom. The number of rotatable bonds is 8. The van der Waals surface area contributed by atoms with Gasteiger partial charge in [-0.25, -0.2) is 8.42 Å². The Hall–Kier alpha value is -2.20. The van der Waals surface area contributed by atoms with Crippen molar-refractivity contribution in [2.45, 2.75) is 57.5 Å². The van der Waals surface area contributed by atoms with E-state index in [1.807, 2.05) is 0 Å². The second kappa shape index (κ2) is 10.0. The zero-order valence-electron chi connectivity index (χ0n) is 17.2. The van der Waals surface area contributed by atoms with Gasteiger partial charge in [0.25, 0.3) is 5.91 Å². The summed E-state index contributed by atoms with van der Waals surface area (Å²) < 4.78 is 32.1. The number of likely N-dealkylation sites (tertiary alicyclic amines) is 1. The molecule has 10 heteroatoms. The smallest absolute Gasteiger partial charge is 0.312 e. The fourth-order valence-electron chi connectivity index (χ4n) is 3.40. The predicted molar refractivity (Wildman–Crippen MR) is 108 cm³/mol. The number of nitrogens with zero attached hydrogens (tertiary/aromatic N) is 3. The molecule has 1 aromatic carbocycles. The molecule has 0 radical (unpaired) electrons. The van der Waals surface area contributed by atoms with Gasteiger partial charge in [0.1, 0.15) is 0 Å². The van der Waals surface area contributed by atoms with Gasteiger partial charge in [0, 0.05) is 32.2 Å². The number of carbonyl (C=O) groups is 1. The second-order valence-corrected chi connectivity index (χ2v) is 8.91. The second-order valence-electron chi connectivity index (χ2n) is 6.98. The lowest BCUT2D eigenvalue weighted by molar-refractivity contribution is -0.386. The Bertz CT molecular complexity index is 830. The molecule has 1 aliphatic rings. The molecule has 0 saturated carbocycles. The summed E-state index contributed by atoms with van der Waals surface area (Å²) >= 11 is 0. The van der Waals surface area contributed by atoms with E-state index >= 15 is 0 Å². The van der Waals surface area contributed by atoms with Gasteiger partial charge >= 0.3 is 5.69 Å². The van der Waals surface area contributed by atoms with Crippen LogP contribution >= 0.6 is 0 Å². The summed E-state index contributed by atoms with van der Waals surface area (Å²) in [5.74, 6) is -0.342. The van der Waals surface area contributed by atoms with Gasteiger partial charge in [0.05, 0.1) is 9.82 Å². The maximum Gasteiger partial charge on any atom is 0.312 e. The Labute approximate surface area is 171 Å². The third-order valence-corrected chi connectivity index (χ3v) is 7.09. The van der Waals surface area contributed by atoms with Gasteiger partial charge in [0.15, 0.2) is 11.9 Å². The van der Waals surface area contributed by atoms with Gasteiger partial charge in [-0.15, -0.1) is 0 Å². The summed E-state index contributed by atoms with van der Waals surface area (Å²) in [4.78, 5) is 25.0. The minimum absolute atomic E-state index is 0.121. The largest absolute Gasteiger partial charge is 0.474 e. The lowest BCUT2D eigenvalue weighted by Gasteiger charge is -2.24. The SMILES string of the molecule is CCN(CC)S(=O)(=O)c1ccc(O[C@@H](C)C(=O)N2CCCCCC2)c([N+](=O)[O-])c1. The molecule has 0 aliphatic carbocycles. The summed E-state index contributed by atoms with van der Waals surface area (Å²) in [5, 5.41) is 11.5. The van der Waals surface area contributed by atoms with E-state index in [0.29, 0.717) is 13.1 Å². The lowest BCUT2D eigenvalue weighted by Crippen LogP contribution is -2.41. The zero-order chi connectivity index (χ0) is 21.6. The first-order chi connectivity index (χ1) is 13.7. The van der Waals surface area contributed by atoms with Crippen LogP contribution in [0.4, 0.5) is 5.69 Å². The van der Waals surface area contributed by atoms with Crippen LogP contribution in [-0.4, -0.2) is 60.7 Å². The van der Waals surface area contributed by atoms with Crippen LogP contribution in [0, 0.1) is 10.1 Å². The monoisotopic (exact) mass is 427 g/mol. The van der Waals surface area contributed by atoms with E-state index < -0.39 is 26.7 Å². The van der Waals surface area contributed by atoms with Crippen molar-refractivity contribution < 1.29 is 22.9 Å². The van der Waals surface area contributed by atoms with Crippen molar-refractivity contribution in [1.82, 2.24) is 9.21 Å². The standard InChI is InChI=1S/C19H29N3O6S/c1-4-21(5-2)29(26,27)16-10-11-18(17(14-16)22(24)25)28-15(3)19(23)20-12-8-6-7-9-13-20/h10-11,14-15H,4-9,12-13H2,1-3H3/t15-/m0/s1. The molecule has 1 saturated heterocycles. The third-order valence-electron chi connectivity index (χ3n) is 5.04. The molecule has 1 aromatic rings. The molecule has 1 atom stereocenters. The van der Waals surface area contributed by atoms with Gasteiger partial charge in [-0.05, 0) is 31.9 Å². The van der Waals surface area contributed by atoms with Gasteiger partial charge in [-0.1, -0.05) is 26.7 Å². The summed E-state index contributed by atoms with van der Waals surface area (Å²) in [7, 11) is -3.84. The zero-order valence-corrected chi connectivity index (χ0v) is 18.0. The van der Waals surface area contributed by atoms with Gasteiger partial charge in [-0.3, -0.25) is 14.9 Å². The minimum Gasteiger partial charge on any atom is -0.474 e. The number of benzene rings is 1. The van der Waals surface area contributed by atoms with Crippen molar-refractivity contribution in [2.24, 2.45) is 0 Å². The molecular formula is C19H29N3O6S. The Kier molecular flexibility index (Phi) is 7.97. The molecule has 0 unspecified atom stereocenters. The van der Waals surface area contributed by atoms with Gasteiger partial charge < -0.3 is 9.64 Å². The maximum atomic E-state index is 12.7. The van der Waals surface area contributed by atoms with Gasteiger partial charge in [0.2, 0.25) is 10.0 Å². The van der Waals surface area contributed by atoms with E-state index in [-0.39, 0.29) is 29.6 Å². The van der Waals surface area contributed by atoms with E-state index in [4.69, 9.17) is 4.74 Å². The number of sulfonamides is 1. The molecule has 29 heavy (non-hydrogen) atoms. The highest BCUT2D eigenvalue weighted by Gasteiger charge is 2.29. The topological polar surface area (TPSA) is 110 Å². The maximum absolute atomic E-state index is 12.7. The van der Waals surface area contributed by atoms with E-state index in [1.165, 1.54) is 16.4 Å². The van der Waals surface area contributed by atoms with Gasteiger partial charge in [-0.2, -0.15) is 4.31 Å². The fraction of sp³-hybridized carbons (Fsp3) is 0.632. The molecule has 0 spiro atoms. The molecular weight excluding hydrogens is 398 g/mol. The molecule has 0 bridgehead atoms. The van der Waals surface area contributed by atoms with Crippen LogP contribution in [0.15, 0.2) is 23.1 Å². The average Bonchev–Trinajstić information content (AvgIpc) is 2.97. The van der Waals surface area contributed by atoms with E-state index in [1.54, 1.807) is 25.7 Å². The van der Waals surface area contributed by atoms with Crippen LogP contribution in [-0.2, 0) is 14.8 Å². The molecule has 0 N–H and O–H groups in total. The van der Waals surface area contributed by atoms with Crippen LogP contribution in [0.5, 0.6) is 5.75 Å². The van der Waals surface area contributed by atoms with Crippen molar-refractivity contribution >= 4 is 21.6 Å². The molecule has 1 aliphatic heterocycles. The Morgan fingerprint density at radius 2 is 1.79 bits per heavy atom. The molecule has 1 fully saturated rings. The number of nitro benzene ring substituents is 1. The van der Waals surface area contributed by atoms with E-state index in [9.17, 15) is 23.3 Å². The highest BCUT2D eigenvalue weighted by atomic mass is 32.2. The molecule has 162 valence electrons. The van der Waals surface area contributed by atoms with E-state index in [0.717, 1.165) is 31.7 Å². The molecule has 2 rings (SSSR count). The summed E-state index contributed by atoms with van der Waals surface area (Å²) in [6.07, 6.45) is 3.10. The first-order valence-corrected chi connectivity index (χ1v) is 11.4. The normalized spacial score (nSPS) is 16.3. The fourth-order valence-corrected chi connectivity index (χ4v) is 4.88. The van der Waals surface area contributed by atoms with Crippen LogP contribution in [0.1, 0.15) is 46.5 Å². The number of hydrogen-bond donors (Lipinski definition) is 0. The molecule has 1 amide bonds. The van der Waals surface area contributed by atoms with Crippen molar-refractivity contribution in [3.05, 3.63) is 28.3 Å². The highest BCUT2D eigenvalue weighted by Crippen LogP contribution is 2.32. The number of hydrogen-bond acceptors (Lipinski definition) is 6. The van der Waals surface area contributed by atoms with Crippen molar-refractivity contribution in [3.63, 3.8) is 0 Å². The van der Waals surface area contributed by atoms with Crippen LogP contribution in [0.25, 0.3) is 0 Å². The Balaban J connectivity index is 2.26. The average molecular weight is 428 g/mol. The number of ether oxygens (including phenoxy) is 1. The first-order valence-electron chi connectivity index (χ1n) is 9.96. The molecule has 1 heterocycles. The number of nitro groups is 1. The van der Waals surface area contributed by atoms with Crippen molar-refractivity contribution in [1.29, 1.82) is 0 Å². The summed E-state index contributed by atoms with van der Waals surface area (Å²) in [6.45, 7) is 6.76. The molecule has 0 aromatic heterocycles. The van der Waals surface area contributed by atoms with Crippen LogP contribution in [0.2, 0.25) is 0 Å². The quantitative estimate of drug-likeness (QED) is 0.466. The summed E-state index contributed by atoms with van der Waals surface area (Å²) in [6, 6.07) is 3.52. The van der Waals surface area contributed by atoms with E-state index in [2.05, 4.69) is 0 Å². The third kappa shape index (κ3) is 5.45. The predicted octanol–water partition coefficient (Wildman–Crippen LogP) is 2.80. The lowest BCUT2D eigenvalue weighted by atomic mass is 10.2. The van der Waals surface area contributed by atoms with Crippen LogP contribution in [0.3, 0.4) is 0 Å². The van der Waals surface area contributed by atoms with Crippen molar-refractivity contribution in [3.8, 4) is 5.75 Å². The number of carbonyl (C=O) groups excluding carboxylic acids is 1. The molecule has 9 nitrogen and oxygen atoms in total. The Morgan fingerprint density at radius 3 is 2.31 bits per heavy atom.